The molecule has 1 aliphatic heterocycles. The van der Waals surface area contributed by atoms with Crippen LogP contribution in [0.5, 0.6) is 0 Å². The average Bonchev–Trinajstić information content (AvgIpc) is 2.41. The van der Waals surface area contributed by atoms with Gasteiger partial charge < -0.3 is 10.6 Å². The van der Waals surface area contributed by atoms with Crippen LogP contribution in [-0.2, 0) is 0 Å². The Morgan fingerprint density at radius 3 is 2.59 bits per heavy atom. The fraction of sp³-hybridized carbons (Fsp3) is 1.00. The molecule has 0 amide bonds. The Hall–Kier alpha value is -0.120. The molecule has 1 unspecified atom stereocenters. The highest BCUT2D eigenvalue weighted by Gasteiger charge is 2.19. The summed E-state index contributed by atoms with van der Waals surface area (Å²) in [6.07, 6.45) is 7.26. The molecule has 1 heterocycles. The first-order chi connectivity index (χ1) is 8.36. The van der Waals surface area contributed by atoms with Crippen LogP contribution < -0.4 is 10.6 Å². The van der Waals surface area contributed by atoms with Crippen LogP contribution in [0.2, 0.25) is 0 Å². The van der Waals surface area contributed by atoms with Crippen molar-refractivity contribution in [1.29, 1.82) is 0 Å². The number of nitrogens with zero attached hydrogens (tertiary/aromatic N) is 1. The minimum atomic E-state index is 0.721. The first kappa shape index (κ1) is 13.3. The highest BCUT2D eigenvalue weighted by atomic mass is 15.2. The first-order valence-electron chi connectivity index (χ1n) is 7.53. The van der Waals surface area contributed by atoms with Crippen molar-refractivity contribution in [2.24, 2.45) is 5.92 Å². The molecule has 17 heavy (non-hydrogen) atoms. The summed E-state index contributed by atoms with van der Waals surface area (Å²) in [6, 6.07) is 0.721. The van der Waals surface area contributed by atoms with Crippen LogP contribution in [-0.4, -0.2) is 50.2 Å². The summed E-state index contributed by atoms with van der Waals surface area (Å²) >= 11 is 0. The summed E-state index contributed by atoms with van der Waals surface area (Å²) < 4.78 is 0. The van der Waals surface area contributed by atoms with E-state index in [9.17, 15) is 0 Å². The van der Waals surface area contributed by atoms with Crippen molar-refractivity contribution in [1.82, 2.24) is 15.5 Å². The molecule has 0 aromatic rings. The molecule has 1 aliphatic carbocycles. The third-order valence-electron chi connectivity index (χ3n) is 4.46. The van der Waals surface area contributed by atoms with Crippen molar-refractivity contribution in [3.05, 3.63) is 0 Å². The summed E-state index contributed by atoms with van der Waals surface area (Å²) in [4.78, 5) is 2.57. The Balaban J connectivity index is 1.57. The Kier molecular flexibility index (Phi) is 5.75. The number of nitrogens with one attached hydrogen (secondary N) is 2. The zero-order valence-corrected chi connectivity index (χ0v) is 11.4. The van der Waals surface area contributed by atoms with E-state index in [1.54, 1.807) is 0 Å². The van der Waals surface area contributed by atoms with Crippen LogP contribution in [0.1, 0.15) is 39.0 Å². The van der Waals surface area contributed by atoms with E-state index in [2.05, 4.69) is 22.5 Å². The van der Waals surface area contributed by atoms with Gasteiger partial charge in [-0.3, -0.25) is 4.90 Å². The van der Waals surface area contributed by atoms with Gasteiger partial charge in [0.25, 0.3) is 0 Å². The quantitative estimate of drug-likeness (QED) is 0.760. The van der Waals surface area contributed by atoms with Crippen LogP contribution in [0.15, 0.2) is 0 Å². The van der Waals surface area contributed by atoms with Gasteiger partial charge in [-0.25, -0.2) is 0 Å². The summed E-state index contributed by atoms with van der Waals surface area (Å²) in [7, 11) is 0. The van der Waals surface area contributed by atoms with Gasteiger partial charge in [-0.05, 0) is 25.7 Å². The highest BCUT2D eigenvalue weighted by Crippen LogP contribution is 2.26. The minimum Gasteiger partial charge on any atom is -0.314 e. The fourth-order valence-electron chi connectivity index (χ4n) is 3.19. The molecule has 0 spiro atoms. The van der Waals surface area contributed by atoms with Gasteiger partial charge in [-0.15, -0.1) is 0 Å². The summed E-state index contributed by atoms with van der Waals surface area (Å²) in [6.45, 7) is 9.54. The lowest BCUT2D eigenvalue weighted by atomic mass is 9.84. The Bertz CT molecular complexity index is 196. The molecule has 2 aliphatic rings. The molecule has 3 heteroatoms. The molecule has 0 bridgehead atoms. The number of hydrogen-bond donors (Lipinski definition) is 2. The second-order valence-corrected chi connectivity index (χ2v) is 5.73. The summed E-state index contributed by atoms with van der Waals surface area (Å²) in [5.74, 6) is 0.937. The lowest BCUT2D eigenvalue weighted by Crippen LogP contribution is -2.47. The van der Waals surface area contributed by atoms with Gasteiger partial charge in [0.1, 0.15) is 0 Å². The van der Waals surface area contributed by atoms with Gasteiger partial charge in [-0.1, -0.05) is 19.3 Å². The summed E-state index contributed by atoms with van der Waals surface area (Å²) in [5.41, 5.74) is 0. The molecular formula is C14H29N3. The molecule has 0 aromatic carbocycles. The largest absolute Gasteiger partial charge is 0.314 e. The maximum atomic E-state index is 3.74. The predicted octanol–water partition coefficient (Wildman–Crippen LogP) is 1.45. The van der Waals surface area contributed by atoms with E-state index in [1.165, 1.54) is 51.7 Å². The van der Waals surface area contributed by atoms with Crippen molar-refractivity contribution in [2.75, 3.05) is 39.3 Å². The molecular weight excluding hydrogens is 210 g/mol. The molecule has 2 rings (SSSR count). The van der Waals surface area contributed by atoms with Crippen LogP contribution in [0, 0.1) is 5.92 Å². The second-order valence-electron chi connectivity index (χ2n) is 5.73. The van der Waals surface area contributed by atoms with Gasteiger partial charge in [0.05, 0.1) is 0 Å². The lowest BCUT2D eigenvalue weighted by Gasteiger charge is -2.31. The zero-order chi connectivity index (χ0) is 11.9. The standard InChI is InChI=1S/C14H29N3/c1-13(14-5-3-2-4-6-14)16-9-12-17-10-7-15-8-11-17/h13-16H,2-12H2,1H3. The van der Waals surface area contributed by atoms with Gasteiger partial charge in [-0.2, -0.15) is 0 Å². The third kappa shape index (κ3) is 4.57. The minimum absolute atomic E-state index is 0.721. The van der Waals surface area contributed by atoms with Crippen molar-refractivity contribution in [2.45, 2.75) is 45.1 Å². The Morgan fingerprint density at radius 2 is 1.88 bits per heavy atom. The molecule has 0 aromatic heterocycles. The molecule has 3 nitrogen and oxygen atoms in total. The molecule has 1 saturated heterocycles. The van der Waals surface area contributed by atoms with E-state index in [0.717, 1.165) is 31.6 Å². The van der Waals surface area contributed by atoms with Crippen molar-refractivity contribution < 1.29 is 0 Å². The maximum Gasteiger partial charge on any atom is 0.0108 e. The SMILES string of the molecule is CC(NCCN1CCNCC1)C1CCCCC1. The van der Waals surface area contributed by atoms with Gasteiger partial charge >= 0.3 is 0 Å². The van der Waals surface area contributed by atoms with Crippen LogP contribution in [0.25, 0.3) is 0 Å². The highest BCUT2D eigenvalue weighted by molar-refractivity contribution is 4.77. The fourth-order valence-corrected chi connectivity index (χ4v) is 3.19. The smallest absolute Gasteiger partial charge is 0.0108 e. The zero-order valence-electron chi connectivity index (χ0n) is 11.4. The number of rotatable bonds is 5. The van der Waals surface area contributed by atoms with Crippen molar-refractivity contribution >= 4 is 0 Å². The second kappa shape index (κ2) is 7.34. The molecule has 0 radical (unpaired) electrons. The van der Waals surface area contributed by atoms with Gasteiger partial charge in [0.2, 0.25) is 0 Å². The molecule has 2 N–H and O–H groups in total. The van der Waals surface area contributed by atoms with Crippen LogP contribution in [0.4, 0.5) is 0 Å². The molecule has 2 fully saturated rings. The molecule has 100 valence electrons. The van der Waals surface area contributed by atoms with Crippen LogP contribution >= 0.6 is 0 Å². The predicted molar refractivity (Wildman–Crippen MR) is 73.3 cm³/mol. The van der Waals surface area contributed by atoms with E-state index in [4.69, 9.17) is 0 Å². The van der Waals surface area contributed by atoms with Crippen molar-refractivity contribution in [3.8, 4) is 0 Å². The van der Waals surface area contributed by atoms with E-state index >= 15 is 0 Å². The van der Waals surface area contributed by atoms with E-state index in [1.807, 2.05) is 0 Å². The van der Waals surface area contributed by atoms with Gasteiger partial charge in [0.15, 0.2) is 0 Å². The lowest BCUT2D eigenvalue weighted by molar-refractivity contribution is 0.225. The van der Waals surface area contributed by atoms with Crippen molar-refractivity contribution in [3.63, 3.8) is 0 Å². The van der Waals surface area contributed by atoms with E-state index < -0.39 is 0 Å². The summed E-state index contributed by atoms with van der Waals surface area (Å²) in [5, 5.41) is 7.14. The number of piperazine rings is 1. The monoisotopic (exact) mass is 239 g/mol. The van der Waals surface area contributed by atoms with E-state index in [-0.39, 0.29) is 0 Å². The molecule has 1 atom stereocenters. The maximum absolute atomic E-state index is 3.74. The third-order valence-corrected chi connectivity index (χ3v) is 4.46. The topological polar surface area (TPSA) is 27.3 Å². The van der Waals surface area contributed by atoms with Gasteiger partial charge in [0, 0.05) is 45.3 Å². The van der Waals surface area contributed by atoms with Crippen LogP contribution in [0.3, 0.4) is 0 Å². The first-order valence-corrected chi connectivity index (χ1v) is 7.53. The Labute approximate surface area is 106 Å². The Morgan fingerprint density at radius 1 is 1.18 bits per heavy atom. The molecule has 1 saturated carbocycles. The average molecular weight is 239 g/mol. The number of hydrogen-bond acceptors (Lipinski definition) is 3. The van der Waals surface area contributed by atoms with E-state index in [0.29, 0.717) is 0 Å². The normalized spacial score (nSPS) is 25.9.